The van der Waals surface area contributed by atoms with Crippen LogP contribution in [-0.4, -0.2) is 47.3 Å². The van der Waals surface area contributed by atoms with Gasteiger partial charge in [-0.1, -0.05) is 20.3 Å². The summed E-state index contributed by atoms with van der Waals surface area (Å²) in [5.74, 6) is 2.35. The summed E-state index contributed by atoms with van der Waals surface area (Å²) >= 11 is 0. The lowest BCUT2D eigenvalue weighted by atomic mass is 9.81. The Morgan fingerprint density at radius 2 is 2.27 bits per heavy atom. The first-order chi connectivity index (χ1) is 10.5. The standard InChI is InChI=1S/C16H25N3O3/c1-11(2)5-4-6-14(20)19-7-13-8-21-10-16(13,9-19)15-18-17-12(3)22-15/h11,13H,4-10H2,1-3H3/t13-,16-/m1/s1. The van der Waals surface area contributed by atoms with Crippen molar-refractivity contribution < 1.29 is 13.9 Å². The fraction of sp³-hybridized carbons (Fsp3) is 0.812. The molecule has 22 heavy (non-hydrogen) atoms. The number of ether oxygens (including phenoxy) is 1. The molecule has 122 valence electrons. The fourth-order valence-electron chi connectivity index (χ4n) is 3.55. The van der Waals surface area contributed by atoms with Crippen LogP contribution in [0.5, 0.6) is 0 Å². The van der Waals surface area contributed by atoms with Crippen molar-refractivity contribution in [3.8, 4) is 0 Å². The topological polar surface area (TPSA) is 68.5 Å². The number of nitrogens with zero attached hydrogens (tertiary/aromatic N) is 3. The predicted molar refractivity (Wildman–Crippen MR) is 80.3 cm³/mol. The van der Waals surface area contributed by atoms with Crippen LogP contribution in [-0.2, 0) is 14.9 Å². The van der Waals surface area contributed by atoms with Gasteiger partial charge in [0.2, 0.25) is 17.7 Å². The van der Waals surface area contributed by atoms with Crippen molar-refractivity contribution in [3.63, 3.8) is 0 Å². The lowest BCUT2D eigenvalue weighted by molar-refractivity contribution is -0.130. The summed E-state index contributed by atoms with van der Waals surface area (Å²) in [4.78, 5) is 14.4. The molecule has 2 aliphatic heterocycles. The minimum Gasteiger partial charge on any atom is -0.425 e. The number of carbonyl (C=O) groups is 1. The van der Waals surface area contributed by atoms with Gasteiger partial charge in [-0.3, -0.25) is 4.79 Å². The number of likely N-dealkylation sites (tertiary alicyclic amines) is 1. The second-order valence-corrected chi connectivity index (χ2v) is 7.05. The lowest BCUT2D eigenvalue weighted by Gasteiger charge is -2.23. The Bertz CT molecular complexity index is 542. The molecule has 3 heterocycles. The number of aryl methyl sites for hydroxylation is 1. The maximum absolute atomic E-state index is 12.5. The second-order valence-electron chi connectivity index (χ2n) is 7.05. The molecule has 6 nitrogen and oxygen atoms in total. The molecule has 2 saturated heterocycles. The molecule has 0 aliphatic carbocycles. The van der Waals surface area contributed by atoms with Gasteiger partial charge in [0, 0.05) is 32.4 Å². The van der Waals surface area contributed by atoms with Crippen LogP contribution in [0.25, 0.3) is 0 Å². The van der Waals surface area contributed by atoms with E-state index in [-0.39, 0.29) is 17.2 Å². The van der Waals surface area contributed by atoms with Crippen LogP contribution >= 0.6 is 0 Å². The van der Waals surface area contributed by atoms with Crippen LogP contribution in [0.4, 0.5) is 0 Å². The predicted octanol–water partition coefficient (Wildman–Crippen LogP) is 1.93. The van der Waals surface area contributed by atoms with E-state index in [1.54, 1.807) is 6.92 Å². The van der Waals surface area contributed by atoms with E-state index in [0.717, 1.165) is 19.4 Å². The second kappa shape index (κ2) is 5.99. The average molecular weight is 307 g/mol. The maximum atomic E-state index is 12.5. The molecular formula is C16H25N3O3. The smallest absolute Gasteiger partial charge is 0.227 e. The van der Waals surface area contributed by atoms with Gasteiger partial charge in [0.25, 0.3) is 0 Å². The highest BCUT2D eigenvalue weighted by Gasteiger charge is 2.56. The molecule has 1 aromatic rings. The lowest BCUT2D eigenvalue weighted by Crippen LogP contribution is -2.37. The molecule has 2 atom stereocenters. The number of rotatable bonds is 5. The largest absolute Gasteiger partial charge is 0.425 e. The number of hydrogen-bond donors (Lipinski definition) is 0. The molecular weight excluding hydrogens is 282 g/mol. The normalized spacial score (nSPS) is 27.6. The zero-order chi connectivity index (χ0) is 15.7. The number of carbonyl (C=O) groups excluding carboxylic acids is 1. The first kappa shape index (κ1) is 15.5. The van der Waals surface area contributed by atoms with Gasteiger partial charge in [-0.2, -0.15) is 0 Å². The molecule has 0 bridgehead atoms. The van der Waals surface area contributed by atoms with E-state index >= 15 is 0 Å². The van der Waals surface area contributed by atoms with Crippen molar-refractivity contribution >= 4 is 5.91 Å². The van der Waals surface area contributed by atoms with Crippen LogP contribution < -0.4 is 0 Å². The number of fused-ring (bicyclic) bond motifs is 1. The van der Waals surface area contributed by atoms with Gasteiger partial charge in [0.1, 0.15) is 0 Å². The molecule has 2 fully saturated rings. The summed E-state index contributed by atoms with van der Waals surface area (Å²) in [5, 5.41) is 8.16. The molecule has 2 aliphatic rings. The minimum atomic E-state index is -0.297. The Balaban J connectivity index is 1.67. The highest BCUT2D eigenvalue weighted by molar-refractivity contribution is 5.76. The third-order valence-electron chi connectivity index (χ3n) is 4.85. The van der Waals surface area contributed by atoms with E-state index < -0.39 is 0 Å². The Kier molecular flexibility index (Phi) is 4.21. The molecule has 0 aromatic carbocycles. The highest BCUT2D eigenvalue weighted by Crippen LogP contribution is 2.43. The van der Waals surface area contributed by atoms with Crippen LogP contribution in [0.1, 0.15) is 44.9 Å². The van der Waals surface area contributed by atoms with Gasteiger partial charge in [-0.05, 0) is 12.3 Å². The molecule has 0 saturated carbocycles. The van der Waals surface area contributed by atoms with Gasteiger partial charge >= 0.3 is 0 Å². The Labute approximate surface area is 131 Å². The van der Waals surface area contributed by atoms with Gasteiger partial charge in [-0.15, -0.1) is 10.2 Å². The summed E-state index contributed by atoms with van der Waals surface area (Å²) in [5.41, 5.74) is -0.297. The number of hydrogen-bond acceptors (Lipinski definition) is 5. The minimum absolute atomic E-state index is 0.241. The average Bonchev–Trinajstić information content (AvgIpc) is 3.10. The first-order valence-corrected chi connectivity index (χ1v) is 8.17. The molecule has 1 aromatic heterocycles. The Morgan fingerprint density at radius 3 is 2.95 bits per heavy atom. The summed E-state index contributed by atoms with van der Waals surface area (Å²) in [6.45, 7) is 8.78. The first-order valence-electron chi connectivity index (χ1n) is 8.17. The van der Waals surface area contributed by atoms with Crippen molar-refractivity contribution in [3.05, 3.63) is 11.8 Å². The molecule has 0 radical (unpaired) electrons. The fourth-order valence-corrected chi connectivity index (χ4v) is 3.55. The summed E-state index contributed by atoms with van der Waals surface area (Å²) in [7, 11) is 0. The molecule has 0 N–H and O–H groups in total. The van der Waals surface area contributed by atoms with E-state index in [4.69, 9.17) is 9.15 Å². The van der Waals surface area contributed by atoms with Crippen molar-refractivity contribution in [2.75, 3.05) is 26.3 Å². The SMILES string of the molecule is Cc1nnc([C@]23COC[C@H]2CN(C(=O)CCCC(C)C)C3)o1. The molecule has 1 amide bonds. The highest BCUT2D eigenvalue weighted by atomic mass is 16.5. The van der Waals surface area contributed by atoms with E-state index in [0.29, 0.717) is 43.9 Å². The number of aromatic nitrogens is 2. The van der Waals surface area contributed by atoms with E-state index in [1.807, 2.05) is 4.90 Å². The van der Waals surface area contributed by atoms with E-state index in [9.17, 15) is 4.79 Å². The Hall–Kier alpha value is -1.43. The quantitative estimate of drug-likeness (QED) is 0.831. The summed E-state index contributed by atoms with van der Waals surface area (Å²) in [6, 6.07) is 0. The summed E-state index contributed by atoms with van der Waals surface area (Å²) < 4.78 is 11.3. The van der Waals surface area contributed by atoms with Gasteiger partial charge in [0.15, 0.2) is 0 Å². The molecule has 0 unspecified atom stereocenters. The van der Waals surface area contributed by atoms with Gasteiger partial charge < -0.3 is 14.1 Å². The zero-order valence-electron chi connectivity index (χ0n) is 13.7. The van der Waals surface area contributed by atoms with Gasteiger partial charge in [0.05, 0.1) is 18.6 Å². The molecule has 0 spiro atoms. The number of amides is 1. The van der Waals surface area contributed by atoms with Crippen LogP contribution in [0.15, 0.2) is 4.42 Å². The third kappa shape index (κ3) is 2.76. The maximum Gasteiger partial charge on any atom is 0.227 e. The summed E-state index contributed by atoms with van der Waals surface area (Å²) in [6.07, 6.45) is 2.69. The van der Waals surface area contributed by atoms with Crippen LogP contribution in [0.2, 0.25) is 0 Å². The van der Waals surface area contributed by atoms with Crippen molar-refractivity contribution in [2.24, 2.45) is 11.8 Å². The molecule has 3 rings (SSSR count). The van der Waals surface area contributed by atoms with Crippen LogP contribution in [0.3, 0.4) is 0 Å². The Morgan fingerprint density at radius 1 is 1.45 bits per heavy atom. The van der Waals surface area contributed by atoms with Crippen LogP contribution in [0, 0.1) is 18.8 Å². The molecule has 6 heteroatoms. The monoisotopic (exact) mass is 307 g/mol. The van der Waals surface area contributed by atoms with Crippen molar-refractivity contribution in [1.29, 1.82) is 0 Å². The van der Waals surface area contributed by atoms with E-state index in [2.05, 4.69) is 24.0 Å². The van der Waals surface area contributed by atoms with Gasteiger partial charge in [-0.25, -0.2) is 0 Å². The van der Waals surface area contributed by atoms with E-state index in [1.165, 1.54) is 0 Å². The zero-order valence-corrected chi connectivity index (χ0v) is 13.7. The van der Waals surface area contributed by atoms with Crippen molar-refractivity contribution in [2.45, 2.75) is 45.4 Å². The van der Waals surface area contributed by atoms with Crippen molar-refractivity contribution in [1.82, 2.24) is 15.1 Å². The third-order valence-corrected chi connectivity index (χ3v) is 4.85.